The maximum atomic E-state index is 12.3. The van der Waals surface area contributed by atoms with Crippen LogP contribution in [-0.2, 0) is 0 Å². The standard InChI is InChI=1S/C13H25N3O/c1-10-8-14-9-11(2)16(10)13(17)15-12-6-4-3-5-7-12/h10-12,14H,3-9H2,1-2H3,(H,15,17). The maximum absolute atomic E-state index is 12.3. The van der Waals surface area contributed by atoms with Gasteiger partial charge in [0, 0.05) is 31.2 Å². The highest BCUT2D eigenvalue weighted by Gasteiger charge is 2.30. The molecule has 2 N–H and O–H groups in total. The van der Waals surface area contributed by atoms with Crippen LogP contribution in [0.5, 0.6) is 0 Å². The molecule has 4 nitrogen and oxygen atoms in total. The Balaban J connectivity index is 1.88. The first kappa shape index (κ1) is 12.7. The van der Waals surface area contributed by atoms with Crippen molar-refractivity contribution in [2.75, 3.05) is 13.1 Å². The van der Waals surface area contributed by atoms with Crippen LogP contribution in [0.4, 0.5) is 4.79 Å². The van der Waals surface area contributed by atoms with Crippen molar-refractivity contribution in [3.05, 3.63) is 0 Å². The van der Waals surface area contributed by atoms with Gasteiger partial charge in [0.25, 0.3) is 0 Å². The zero-order valence-corrected chi connectivity index (χ0v) is 11.0. The number of urea groups is 1. The van der Waals surface area contributed by atoms with E-state index < -0.39 is 0 Å². The zero-order chi connectivity index (χ0) is 12.3. The molecule has 1 saturated heterocycles. The lowest BCUT2D eigenvalue weighted by atomic mass is 9.95. The minimum atomic E-state index is 0.137. The van der Waals surface area contributed by atoms with Crippen molar-refractivity contribution in [1.29, 1.82) is 0 Å². The summed E-state index contributed by atoms with van der Waals surface area (Å²) in [5, 5.41) is 6.56. The molecule has 0 aromatic carbocycles. The summed E-state index contributed by atoms with van der Waals surface area (Å²) in [4.78, 5) is 14.3. The van der Waals surface area contributed by atoms with Gasteiger partial charge in [0.15, 0.2) is 0 Å². The van der Waals surface area contributed by atoms with Crippen molar-refractivity contribution < 1.29 is 4.79 Å². The van der Waals surface area contributed by atoms with Gasteiger partial charge in [0.1, 0.15) is 0 Å². The third-order valence-electron chi connectivity index (χ3n) is 4.00. The fourth-order valence-corrected chi connectivity index (χ4v) is 3.03. The third kappa shape index (κ3) is 3.12. The van der Waals surface area contributed by atoms with Gasteiger partial charge in [-0.3, -0.25) is 0 Å². The average Bonchev–Trinajstić information content (AvgIpc) is 2.30. The van der Waals surface area contributed by atoms with E-state index in [4.69, 9.17) is 0 Å². The Morgan fingerprint density at radius 2 is 1.71 bits per heavy atom. The summed E-state index contributed by atoms with van der Waals surface area (Å²) in [5.41, 5.74) is 0. The molecule has 0 spiro atoms. The van der Waals surface area contributed by atoms with E-state index in [0.29, 0.717) is 18.1 Å². The van der Waals surface area contributed by atoms with Crippen LogP contribution in [0.2, 0.25) is 0 Å². The maximum Gasteiger partial charge on any atom is 0.318 e. The summed E-state index contributed by atoms with van der Waals surface area (Å²) in [5.74, 6) is 0. The van der Waals surface area contributed by atoms with E-state index in [2.05, 4.69) is 24.5 Å². The molecule has 1 aliphatic carbocycles. The predicted octanol–water partition coefficient (Wildman–Crippen LogP) is 1.71. The zero-order valence-electron chi connectivity index (χ0n) is 11.0. The van der Waals surface area contributed by atoms with Gasteiger partial charge in [0.2, 0.25) is 0 Å². The van der Waals surface area contributed by atoms with Crippen molar-refractivity contribution in [3.63, 3.8) is 0 Å². The number of rotatable bonds is 1. The lowest BCUT2D eigenvalue weighted by Crippen LogP contribution is -2.60. The average molecular weight is 239 g/mol. The van der Waals surface area contributed by atoms with Gasteiger partial charge in [-0.25, -0.2) is 4.79 Å². The summed E-state index contributed by atoms with van der Waals surface area (Å²) < 4.78 is 0. The van der Waals surface area contributed by atoms with Crippen LogP contribution in [0, 0.1) is 0 Å². The second-order valence-electron chi connectivity index (χ2n) is 5.55. The predicted molar refractivity (Wildman–Crippen MR) is 69.0 cm³/mol. The highest BCUT2D eigenvalue weighted by molar-refractivity contribution is 5.75. The molecule has 2 aliphatic rings. The van der Waals surface area contributed by atoms with Crippen molar-refractivity contribution in [2.24, 2.45) is 0 Å². The molecule has 4 heteroatoms. The van der Waals surface area contributed by atoms with Crippen LogP contribution in [0.15, 0.2) is 0 Å². The number of nitrogens with one attached hydrogen (secondary N) is 2. The Labute approximate surface area is 104 Å². The van der Waals surface area contributed by atoms with Crippen molar-refractivity contribution in [2.45, 2.75) is 64.1 Å². The second-order valence-corrected chi connectivity index (χ2v) is 5.55. The van der Waals surface area contributed by atoms with Gasteiger partial charge >= 0.3 is 6.03 Å². The lowest BCUT2D eigenvalue weighted by molar-refractivity contribution is 0.127. The Morgan fingerprint density at radius 3 is 2.29 bits per heavy atom. The molecule has 0 radical (unpaired) electrons. The van der Waals surface area contributed by atoms with E-state index >= 15 is 0 Å². The number of piperazine rings is 1. The minimum Gasteiger partial charge on any atom is -0.335 e. The van der Waals surface area contributed by atoms with Crippen molar-refractivity contribution in [1.82, 2.24) is 15.5 Å². The molecule has 1 aliphatic heterocycles. The third-order valence-corrected chi connectivity index (χ3v) is 4.00. The normalized spacial score (nSPS) is 31.3. The van der Waals surface area contributed by atoms with Crippen molar-refractivity contribution in [3.8, 4) is 0 Å². The van der Waals surface area contributed by atoms with E-state index in [0.717, 1.165) is 25.9 Å². The molecule has 2 rings (SSSR count). The second kappa shape index (κ2) is 5.71. The Kier molecular flexibility index (Phi) is 4.26. The fourth-order valence-electron chi connectivity index (χ4n) is 3.03. The van der Waals surface area contributed by atoms with Crippen LogP contribution < -0.4 is 10.6 Å². The first-order valence-corrected chi connectivity index (χ1v) is 6.98. The molecular weight excluding hydrogens is 214 g/mol. The monoisotopic (exact) mass is 239 g/mol. The highest BCUT2D eigenvalue weighted by atomic mass is 16.2. The molecule has 0 aromatic rings. The molecule has 2 unspecified atom stereocenters. The number of hydrogen-bond donors (Lipinski definition) is 2. The largest absolute Gasteiger partial charge is 0.335 e. The summed E-state index contributed by atoms with van der Waals surface area (Å²) in [7, 11) is 0. The first-order valence-electron chi connectivity index (χ1n) is 6.98. The van der Waals surface area contributed by atoms with Crippen LogP contribution in [0.25, 0.3) is 0 Å². The number of nitrogens with zero attached hydrogens (tertiary/aromatic N) is 1. The van der Waals surface area contributed by atoms with E-state index in [-0.39, 0.29) is 6.03 Å². The fraction of sp³-hybridized carbons (Fsp3) is 0.923. The smallest absolute Gasteiger partial charge is 0.318 e. The molecular formula is C13H25N3O. The van der Waals surface area contributed by atoms with Crippen LogP contribution in [0.1, 0.15) is 46.0 Å². The van der Waals surface area contributed by atoms with Gasteiger partial charge in [-0.1, -0.05) is 19.3 Å². The van der Waals surface area contributed by atoms with E-state index in [1.54, 1.807) is 0 Å². The Hall–Kier alpha value is -0.770. The molecule has 98 valence electrons. The van der Waals surface area contributed by atoms with Crippen molar-refractivity contribution >= 4 is 6.03 Å². The molecule has 2 fully saturated rings. The highest BCUT2D eigenvalue weighted by Crippen LogP contribution is 2.18. The van der Waals surface area contributed by atoms with Gasteiger partial charge in [-0.15, -0.1) is 0 Å². The molecule has 17 heavy (non-hydrogen) atoms. The van der Waals surface area contributed by atoms with Crippen LogP contribution in [-0.4, -0.2) is 42.1 Å². The lowest BCUT2D eigenvalue weighted by Gasteiger charge is -2.40. The Morgan fingerprint density at radius 1 is 1.12 bits per heavy atom. The summed E-state index contributed by atoms with van der Waals surface area (Å²) in [6.07, 6.45) is 6.16. The summed E-state index contributed by atoms with van der Waals surface area (Å²) in [6.45, 7) is 6.04. The van der Waals surface area contributed by atoms with Gasteiger partial charge in [-0.05, 0) is 26.7 Å². The first-order chi connectivity index (χ1) is 8.18. The number of carbonyl (C=O) groups excluding carboxylic acids is 1. The number of amides is 2. The molecule has 1 heterocycles. The van der Waals surface area contributed by atoms with Crippen LogP contribution in [0.3, 0.4) is 0 Å². The van der Waals surface area contributed by atoms with E-state index in [9.17, 15) is 4.79 Å². The van der Waals surface area contributed by atoms with Crippen LogP contribution >= 0.6 is 0 Å². The molecule has 1 saturated carbocycles. The van der Waals surface area contributed by atoms with Gasteiger partial charge in [-0.2, -0.15) is 0 Å². The minimum absolute atomic E-state index is 0.137. The van der Waals surface area contributed by atoms with Gasteiger partial charge < -0.3 is 15.5 Å². The number of hydrogen-bond acceptors (Lipinski definition) is 2. The summed E-state index contributed by atoms with van der Waals surface area (Å²) >= 11 is 0. The molecule has 0 aromatic heterocycles. The quantitative estimate of drug-likeness (QED) is 0.731. The molecule has 0 bridgehead atoms. The topological polar surface area (TPSA) is 44.4 Å². The number of carbonyl (C=O) groups is 1. The SMILES string of the molecule is CC1CNCC(C)N1C(=O)NC1CCCCC1. The summed E-state index contributed by atoms with van der Waals surface area (Å²) in [6, 6.07) is 1.13. The Bertz CT molecular complexity index is 253. The molecule has 2 atom stereocenters. The van der Waals surface area contributed by atoms with E-state index in [1.165, 1.54) is 19.3 Å². The van der Waals surface area contributed by atoms with Gasteiger partial charge in [0.05, 0.1) is 0 Å². The molecule has 2 amide bonds. The van der Waals surface area contributed by atoms with E-state index in [1.807, 2.05) is 4.90 Å².